The molecular formula is C13H17BrClN. The van der Waals surface area contributed by atoms with E-state index in [1.54, 1.807) is 0 Å². The maximum absolute atomic E-state index is 6.06. The Morgan fingerprint density at radius 2 is 2.12 bits per heavy atom. The van der Waals surface area contributed by atoms with Crippen LogP contribution >= 0.6 is 27.5 Å². The summed E-state index contributed by atoms with van der Waals surface area (Å²) in [6.45, 7) is 5.45. The Hall–Kier alpha value is -0.0500. The van der Waals surface area contributed by atoms with Crippen molar-refractivity contribution >= 4 is 27.5 Å². The predicted octanol–water partition coefficient (Wildman–Crippen LogP) is 4.38. The standard InChI is InChI=1S/C13H17BrClN/c1-13(2,10-4-5-10)16-8-9-3-6-11(14)12(15)7-9/h3,6-7,10,16H,4-5,8H2,1-2H3. The highest BCUT2D eigenvalue weighted by molar-refractivity contribution is 9.10. The fraction of sp³-hybridized carbons (Fsp3) is 0.538. The second-order valence-corrected chi connectivity index (χ2v) is 6.36. The van der Waals surface area contributed by atoms with Gasteiger partial charge in [-0.1, -0.05) is 17.7 Å². The Kier molecular flexibility index (Phi) is 3.62. The zero-order chi connectivity index (χ0) is 11.8. The van der Waals surface area contributed by atoms with Gasteiger partial charge in [0.1, 0.15) is 0 Å². The molecule has 2 rings (SSSR count). The van der Waals surface area contributed by atoms with Gasteiger partial charge in [-0.3, -0.25) is 0 Å². The molecule has 0 saturated heterocycles. The molecule has 0 aromatic heterocycles. The van der Waals surface area contributed by atoms with E-state index in [1.165, 1.54) is 18.4 Å². The molecule has 1 fully saturated rings. The lowest BCUT2D eigenvalue weighted by atomic mass is 9.98. The van der Waals surface area contributed by atoms with E-state index in [0.29, 0.717) is 0 Å². The monoisotopic (exact) mass is 301 g/mol. The first-order valence-corrected chi connectivity index (χ1v) is 6.85. The SMILES string of the molecule is CC(C)(NCc1ccc(Br)c(Cl)c1)C1CC1. The molecule has 1 saturated carbocycles. The molecule has 1 aliphatic carbocycles. The fourth-order valence-electron chi connectivity index (χ4n) is 1.93. The Morgan fingerprint density at radius 3 is 2.69 bits per heavy atom. The molecule has 0 aliphatic heterocycles. The van der Waals surface area contributed by atoms with Crippen LogP contribution in [0.5, 0.6) is 0 Å². The third-order valence-corrected chi connectivity index (χ3v) is 4.56. The summed E-state index contributed by atoms with van der Waals surface area (Å²) >= 11 is 9.46. The highest BCUT2D eigenvalue weighted by Crippen LogP contribution is 2.39. The number of halogens is 2. The highest BCUT2D eigenvalue weighted by Gasteiger charge is 2.37. The average molecular weight is 303 g/mol. The van der Waals surface area contributed by atoms with Crippen LogP contribution in [-0.4, -0.2) is 5.54 Å². The van der Waals surface area contributed by atoms with Crippen LogP contribution < -0.4 is 5.32 Å². The molecule has 0 spiro atoms. The number of nitrogens with one attached hydrogen (secondary N) is 1. The molecule has 1 N–H and O–H groups in total. The van der Waals surface area contributed by atoms with Gasteiger partial charge in [0, 0.05) is 16.6 Å². The summed E-state index contributed by atoms with van der Waals surface area (Å²) in [4.78, 5) is 0. The average Bonchev–Trinajstić information content (AvgIpc) is 3.03. The zero-order valence-corrected chi connectivity index (χ0v) is 12.0. The van der Waals surface area contributed by atoms with E-state index < -0.39 is 0 Å². The first-order valence-electron chi connectivity index (χ1n) is 5.68. The largest absolute Gasteiger partial charge is 0.307 e. The summed E-state index contributed by atoms with van der Waals surface area (Å²) in [5, 5.41) is 4.39. The van der Waals surface area contributed by atoms with Crippen molar-refractivity contribution in [3.63, 3.8) is 0 Å². The van der Waals surface area contributed by atoms with Crippen molar-refractivity contribution in [2.75, 3.05) is 0 Å². The van der Waals surface area contributed by atoms with Crippen molar-refractivity contribution < 1.29 is 0 Å². The Morgan fingerprint density at radius 1 is 1.44 bits per heavy atom. The minimum atomic E-state index is 0.250. The first-order chi connectivity index (χ1) is 7.49. The number of rotatable bonds is 4. The minimum absolute atomic E-state index is 0.250. The maximum atomic E-state index is 6.06. The number of hydrogen-bond acceptors (Lipinski definition) is 1. The van der Waals surface area contributed by atoms with Gasteiger partial charge in [-0.05, 0) is 66.2 Å². The number of hydrogen-bond donors (Lipinski definition) is 1. The molecule has 0 atom stereocenters. The molecular weight excluding hydrogens is 286 g/mol. The van der Waals surface area contributed by atoms with Crippen molar-refractivity contribution in [3.05, 3.63) is 33.3 Å². The van der Waals surface area contributed by atoms with Gasteiger partial charge in [0.05, 0.1) is 5.02 Å². The lowest BCUT2D eigenvalue weighted by Gasteiger charge is -2.26. The van der Waals surface area contributed by atoms with Crippen LogP contribution in [0, 0.1) is 5.92 Å². The van der Waals surface area contributed by atoms with E-state index in [1.807, 2.05) is 12.1 Å². The summed E-state index contributed by atoms with van der Waals surface area (Å²) in [5.41, 5.74) is 1.49. The molecule has 0 heterocycles. The minimum Gasteiger partial charge on any atom is -0.307 e. The van der Waals surface area contributed by atoms with Gasteiger partial charge in [0.2, 0.25) is 0 Å². The van der Waals surface area contributed by atoms with E-state index >= 15 is 0 Å². The summed E-state index contributed by atoms with van der Waals surface area (Å²) in [5.74, 6) is 0.846. The second-order valence-electron chi connectivity index (χ2n) is 5.10. The van der Waals surface area contributed by atoms with E-state index in [0.717, 1.165) is 22.0 Å². The van der Waals surface area contributed by atoms with E-state index in [4.69, 9.17) is 11.6 Å². The molecule has 0 unspecified atom stereocenters. The summed E-state index contributed by atoms with van der Waals surface area (Å²) in [6.07, 6.45) is 2.72. The molecule has 0 amide bonds. The van der Waals surface area contributed by atoms with Gasteiger partial charge in [-0.2, -0.15) is 0 Å². The molecule has 1 aromatic rings. The molecule has 3 heteroatoms. The highest BCUT2D eigenvalue weighted by atomic mass is 79.9. The topological polar surface area (TPSA) is 12.0 Å². The first kappa shape index (κ1) is 12.4. The summed E-state index contributed by atoms with van der Waals surface area (Å²) in [6, 6.07) is 6.12. The van der Waals surface area contributed by atoms with Crippen LogP contribution in [0.15, 0.2) is 22.7 Å². The fourth-order valence-corrected chi connectivity index (χ4v) is 2.38. The van der Waals surface area contributed by atoms with E-state index in [-0.39, 0.29) is 5.54 Å². The lowest BCUT2D eigenvalue weighted by molar-refractivity contribution is 0.339. The Bertz CT molecular complexity index is 386. The molecule has 0 radical (unpaired) electrons. The smallest absolute Gasteiger partial charge is 0.0551 e. The zero-order valence-electron chi connectivity index (χ0n) is 9.69. The van der Waals surface area contributed by atoms with Crippen LogP contribution in [0.25, 0.3) is 0 Å². The van der Waals surface area contributed by atoms with Gasteiger partial charge in [-0.15, -0.1) is 0 Å². The maximum Gasteiger partial charge on any atom is 0.0551 e. The molecule has 1 nitrogen and oxygen atoms in total. The molecule has 88 valence electrons. The normalized spacial score (nSPS) is 16.5. The van der Waals surface area contributed by atoms with E-state index in [2.05, 4.69) is 41.2 Å². The Balaban J connectivity index is 1.96. The molecule has 1 aliphatic rings. The van der Waals surface area contributed by atoms with Crippen LogP contribution in [0.4, 0.5) is 0 Å². The van der Waals surface area contributed by atoms with Crippen LogP contribution in [-0.2, 0) is 6.54 Å². The molecule has 0 bridgehead atoms. The van der Waals surface area contributed by atoms with Gasteiger partial charge in [-0.25, -0.2) is 0 Å². The van der Waals surface area contributed by atoms with Crippen molar-refractivity contribution in [2.45, 2.75) is 38.8 Å². The van der Waals surface area contributed by atoms with Crippen LogP contribution in [0.3, 0.4) is 0 Å². The van der Waals surface area contributed by atoms with Gasteiger partial charge < -0.3 is 5.32 Å². The van der Waals surface area contributed by atoms with Crippen molar-refractivity contribution in [3.8, 4) is 0 Å². The van der Waals surface area contributed by atoms with Crippen molar-refractivity contribution in [1.29, 1.82) is 0 Å². The van der Waals surface area contributed by atoms with Gasteiger partial charge in [0.15, 0.2) is 0 Å². The third kappa shape index (κ3) is 2.99. The van der Waals surface area contributed by atoms with Gasteiger partial charge in [0.25, 0.3) is 0 Å². The van der Waals surface area contributed by atoms with Gasteiger partial charge >= 0.3 is 0 Å². The third-order valence-electron chi connectivity index (χ3n) is 3.33. The summed E-state index contributed by atoms with van der Waals surface area (Å²) < 4.78 is 0.958. The van der Waals surface area contributed by atoms with Crippen molar-refractivity contribution in [1.82, 2.24) is 5.32 Å². The van der Waals surface area contributed by atoms with Crippen molar-refractivity contribution in [2.24, 2.45) is 5.92 Å². The van der Waals surface area contributed by atoms with Crippen LogP contribution in [0.2, 0.25) is 5.02 Å². The second kappa shape index (κ2) is 4.67. The Labute approximate surface area is 111 Å². The molecule has 1 aromatic carbocycles. The van der Waals surface area contributed by atoms with E-state index in [9.17, 15) is 0 Å². The van der Waals surface area contributed by atoms with Crippen LogP contribution in [0.1, 0.15) is 32.3 Å². The number of benzene rings is 1. The predicted molar refractivity (Wildman–Crippen MR) is 72.8 cm³/mol. The lowest BCUT2D eigenvalue weighted by Crippen LogP contribution is -2.40. The summed E-state index contributed by atoms with van der Waals surface area (Å²) in [7, 11) is 0. The molecule has 16 heavy (non-hydrogen) atoms. The quantitative estimate of drug-likeness (QED) is 0.870.